The van der Waals surface area contributed by atoms with Crippen LogP contribution in [0.1, 0.15) is 24.5 Å². The van der Waals surface area contributed by atoms with Crippen LogP contribution < -0.4 is 9.64 Å². The summed E-state index contributed by atoms with van der Waals surface area (Å²) in [5.41, 5.74) is 3.04. The Hall–Kier alpha value is -4.25. The average molecular weight is 490 g/mol. The van der Waals surface area contributed by atoms with Gasteiger partial charge in [0, 0.05) is 30.2 Å². The second-order valence-corrected chi connectivity index (χ2v) is 8.56. The lowest BCUT2D eigenvalue weighted by atomic mass is 10.1. The predicted octanol–water partition coefficient (Wildman–Crippen LogP) is 5.18. The summed E-state index contributed by atoms with van der Waals surface area (Å²) in [6.45, 7) is 3.22. The Morgan fingerprint density at radius 3 is 2.63 bits per heavy atom. The number of nitro groups is 1. The molecule has 35 heavy (non-hydrogen) atoms. The van der Waals surface area contributed by atoms with Crippen LogP contribution in [-0.4, -0.2) is 32.3 Å². The van der Waals surface area contributed by atoms with Crippen molar-refractivity contribution in [1.29, 1.82) is 0 Å². The molecule has 0 spiro atoms. The van der Waals surface area contributed by atoms with Gasteiger partial charge in [0.25, 0.3) is 5.69 Å². The number of furan rings is 1. The third-order valence-corrected chi connectivity index (χ3v) is 6.13. The zero-order chi connectivity index (χ0) is 24.7. The van der Waals surface area contributed by atoms with Gasteiger partial charge in [0.1, 0.15) is 5.76 Å². The number of hydrogen-bond donors (Lipinski definition) is 0. The van der Waals surface area contributed by atoms with Crippen molar-refractivity contribution in [2.45, 2.75) is 25.2 Å². The SMILES string of the molecule is CSc1nnc2c(n1)OC(c1ccc(-c3ccc([N+](=O)[O-])cc3C)o1)N(C(C)=O)c1ccccc1-2. The smallest absolute Gasteiger partial charge is 0.269 e. The Morgan fingerprint density at radius 1 is 1.11 bits per heavy atom. The Balaban J connectivity index is 1.63. The standard InChI is InChI=1S/C24H19N5O5S/c1-13-12-15(29(31)32)8-9-16(13)19-10-11-20(33-19)23-28(14(2)30)18-7-5-4-6-17(18)21-22(34-23)25-24(35-3)27-26-21/h4-12,23H,1-3H3. The summed E-state index contributed by atoms with van der Waals surface area (Å²) in [5, 5.41) is 20.0. The van der Waals surface area contributed by atoms with Crippen molar-refractivity contribution in [3.05, 3.63) is 76.0 Å². The van der Waals surface area contributed by atoms with Crippen molar-refractivity contribution in [2.75, 3.05) is 11.2 Å². The molecule has 10 nitrogen and oxygen atoms in total. The molecular formula is C24H19N5O5S. The summed E-state index contributed by atoms with van der Waals surface area (Å²) in [4.78, 5) is 29.5. The number of nitrogens with zero attached hydrogens (tertiary/aromatic N) is 5. The highest BCUT2D eigenvalue weighted by Crippen LogP contribution is 2.44. The summed E-state index contributed by atoms with van der Waals surface area (Å²) in [6, 6.07) is 15.3. The van der Waals surface area contributed by atoms with Crippen molar-refractivity contribution < 1.29 is 18.9 Å². The maximum Gasteiger partial charge on any atom is 0.269 e. The molecule has 0 saturated carbocycles. The first-order valence-corrected chi connectivity index (χ1v) is 11.8. The van der Waals surface area contributed by atoms with Crippen LogP contribution >= 0.6 is 11.8 Å². The molecule has 0 aliphatic carbocycles. The topological polar surface area (TPSA) is 124 Å². The zero-order valence-corrected chi connectivity index (χ0v) is 19.8. The number of rotatable bonds is 4. The number of para-hydroxylation sites is 1. The van der Waals surface area contributed by atoms with E-state index in [4.69, 9.17) is 9.15 Å². The van der Waals surface area contributed by atoms with Gasteiger partial charge in [0.15, 0.2) is 11.5 Å². The normalized spacial score (nSPS) is 14.5. The van der Waals surface area contributed by atoms with E-state index in [-0.39, 0.29) is 17.5 Å². The number of ether oxygens (including phenoxy) is 1. The van der Waals surface area contributed by atoms with Gasteiger partial charge in [-0.15, -0.1) is 10.2 Å². The Bertz CT molecular complexity index is 1470. The van der Waals surface area contributed by atoms with Crippen LogP contribution in [0.3, 0.4) is 0 Å². The molecule has 1 unspecified atom stereocenters. The molecule has 0 bridgehead atoms. The van der Waals surface area contributed by atoms with Crippen LogP contribution in [0.5, 0.6) is 5.88 Å². The number of anilines is 1. The highest BCUT2D eigenvalue weighted by molar-refractivity contribution is 7.98. The summed E-state index contributed by atoms with van der Waals surface area (Å²) in [6.07, 6.45) is 0.868. The number of nitro benzene ring substituents is 1. The zero-order valence-electron chi connectivity index (χ0n) is 19.0. The largest absolute Gasteiger partial charge is 0.455 e. The fraction of sp³-hybridized carbons (Fsp3) is 0.167. The van der Waals surface area contributed by atoms with E-state index in [1.54, 1.807) is 31.2 Å². The van der Waals surface area contributed by atoms with E-state index in [2.05, 4.69) is 15.2 Å². The molecule has 1 aliphatic heterocycles. The minimum Gasteiger partial charge on any atom is -0.455 e. The molecule has 0 saturated heterocycles. The molecule has 1 atom stereocenters. The number of non-ortho nitro benzene ring substituents is 1. The van der Waals surface area contributed by atoms with E-state index >= 15 is 0 Å². The minimum atomic E-state index is -0.964. The van der Waals surface area contributed by atoms with Gasteiger partial charge >= 0.3 is 0 Å². The third kappa shape index (κ3) is 3.99. The van der Waals surface area contributed by atoms with Gasteiger partial charge in [-0.1, -0.05) is 30.0 Å². The second kappa shape index (κ2) is 8.84. The van der Waals surface area contributed by atoms with Gasteiger partial charge in [-0.3, -0.25) is 19.8 Å². The quantitative estimate of drug-likeness (QED) is 0.216. The highest BCUT2D eigenvalue weighted by atomic mass is 32.2. The molecule has 0 radical (unpaired) electrons. The van der Waals surface area contributed by atoms with Crippen LogP contribution in [-0.2, 0) is 4.79 Å². The Morgan fingerprint density at radius 2 is 1.91 bits per heavy atom. The maximum absolute atomic E-state index is 12.9. The minimum absolute atomic E-state index is 0.00196. The van der Waals surface area contributed by atoms with Gasteiger partial charge in [-0.25, -0.2) is 0 Å². The monoisotopic (exact) mass is 489 g/mol. The molecule has 1 aliphatic rings. The van der Waals surface area contributed by atoms with Crippen molar-refractivity contribution in [3.63, 3.8) is 0 Å². The third-order valence-electron chi connectivity index (χ3n) is 5.59. The van der Waals surface area contributed by atoms with Gasteiger partial charge in [0.05, 0.1) is 10.6 Å². The Labute approximate surface area is 204 Å². The molecule has 2 aromatic heterocycles. The first-order chi connectivity index (χ1) is 16.9. The molecular weight excluding hydrogens is 470 g/mol. The fourth-order valence-electron chi connectivity index (χ4n) is 3.99. The number of carbonyl (C=O) groups is 1. The van der Waals surface area contributed by atoms with E-state index in [1.807, 2.05) is 24.5 Å². The molecule has 0 fully saturated rings. The van der Waals surface area contributed by atoms with Crippen LogP contribution in [0.25, 0.3) is 22.6 Å². The first-order valence-electron chi connectivity index (χ1n) is 10.6. The van der Waals surface area contributed by atoms with Gasteiger partial charge in [0.2, 0.25) is 23.2 Å². The predicted molar refractivity (Wildman–Crippen MR) is 129 cm³/mol. The molecule has 0 N–H and O–H groups in total. The van der Waals surface area contributed by atoms with Gasteiger partial charge in [-0.05, 0) is 43.0 Å². The molecule has 3 heterocycles. The van der Waals surface area contributed by atoms with E-state index in [1.165, 1.54) is 35.7 Å². The lowest BCUT2D eigenvalue weighted by Crippen LogP contribution is -2.35. The van der Waals surface area contributed by atoms with Crippen LogP contribution in [0.4, 0.5) is 11.4 Å². The van der Waals surface area contributed by atoms with Crippen LogP contribution in [0.2, 0.25) is 0 Å². The van der Waals surface area contributed by atoms with Crippen molar-refractivity contribution >= 4 is 29.0 Å². The first kappa shape index (κ1) is 22.5. The highest BCUT2D eigenvalue weighted by Gasteiger charge is 2.36. The molecule has 11 heteroatoms. The van der Waals surface area contributed by atoms with Crippen LogP contribution in [0, 0.1) is 17.0 Å². The number of thioether (sulfide) groups is 1. The van der Waals surface area contributed by atoms with Crippen molar-refractivity contribution in [3.8, 4) is 28.5 Å². The van der Waals surface area contributed by atoms with Gasteiger partial charge < -0.3 is 9.15 Å². The van der Waals surface area contributed by atoms with E-state index < -0.39 is 11.2 Å². The van der Waals surface area contributed by atoms with E-state index in [0.29, 0.717) is 44.7 Å². The fourth-order valence-corrected chi connectivity index (χ4v) is 4.29. The molecule has 1 amide bonds. The number of amides is 1. The van der Waals surface area contributed by atoms with E-state index in [0.717, 1.165) is 0 Å². The summed E-state index contributed by atoms with van der Waals surface area (Å²) < 4.78 is 12.4. The van der Waals surface area contributed by atoms with Crippen molar-refractivity contribution in [1.82, 2.24) is 15.2 Å². The summed E-state index contributed by atoms with van der Waals surface area (Å²) >= 11 is 1.32. The maximum atomic E-state index is 12.9. The lowest BCUT2D eigenvalue weighted by molar-refractivity contribution is -0.384. The molecule has 5 rings (SSSR count). The summed E-state index contributed by atoms with van der Waals surface area (Å²) in [5.74, 6) is 0.815. The second-order valence-electron chi connectivity index (χ2n) is 7.79. The summed E-state index contributed by atoms with van der Waals surface area (Å²) in [7, 11) is 0. The van der Waals surface area contributed by atoms with Crippen LogP contribution in [0.15, 0.2) is 64.2 Å². The van der Waals surface area contributed by atoms with E-state index in [9.17, 15) is 14.9 Å². The van der Waals surface area contributed by atoms with Gasteiger partial charge in [-0.2, -0.15) is 4.98 Å². The molecule has 176 valence electrons. The Kier molecular flexibility index (Phi) is 5.69. The number of aromatic nitrogens is 3. The number of hydrogen-bond acceptors (Lipinski definition) is 9. The van der Waals surface area contributed by atoms with Crippen molar-refractivity contribution in [2.24, 2.45) is 0 Å². The molecule has 4 aromatic rings. The number of aryl methyl sites for hydroxylation is 1. The number of carbonyl (C=O) groups excluding carboxylic acids is 1. The lowest BCUT2D eigenvalue weighted by Gasteiger charge is -2.28. The number of fused-ring (bicyclic) bond motifs is 3. The molecule has 2 aromatic carbocycles. The average Bonchev–Trinajstić information content (AvgIpc) is 3.27. The number of benzene rings is 2.